The summed E-state index contributed by atoms with van der Waals surface area (Å²) >= 11 is 6.43. The number of alkyl halides is 3. The summed E-state index contributed by atoms with van der Waals surface area (Å²) in [5.74, 6) is -1.15. The maximum atomic E-state index is 14.0. The highest BCUT2D eigenvalue weighted by molar-refractivity contribution is 6.36. The van der Waals surface area contributed by atoms with Crippen LogP contribution in [0.1, 0.15) is 28.8 Å². The Morgan fingerprint density at radius 1 is 1.17 bits per heavy atom. The summed E-state index contributed by atoms with van der Waals surface area (Å²) in [5, 5.41) is 12.7. The van der Waals surface area contributed by atoms with E-state index in [9.17, 15) is 27.5 Å². The Hall–Kier alpha value is -3.87. The molecule has 3 heterocycles. The molecule has 1 saturated heterocycles. The summed E-state index contributed by atoms with van der Waals surface area (Å²) in [6.45, 7) is -1.53. The lowest BCUT2D eigenvalue weighted by molar-refractivity contribution is -0.153. The molecular formula is C28H24ClF4N3O5. The third kappa shape index (κ3) is 6.55. The van der Waals surface area contributed by atoms with Gasteiger partial charge in [-0.05, 0) is 37.1 Å². The minimum Gasteiger partial charge on any atom is -0.480 e. The van der Waals surface area contributed by atoms with E-state index >= 15 is 0 Å². The highest BCUT2D eigenvalue weighted by Crippen LogP contribution is 2.38. The minimum absolute atomic E-state index is 0.0147. The van der Waals surface area contributed by atoms with E-state index in [0.29, 0.717) is 12.8 Å². The number of anilines is 1. The molecule has 41 heavy (non-hydrogen) atoms. The van der Waals surface area contributed by atoms with Gasteiger partial charge in [0, 0.05) is 23.9 Å². The predicted molar refractivity (Wildman–Crippen MR) is 142 cm³/mol. The number of pyridine rings is 1. The highest BCUT2D eigenvalue weighted by atomic mass is 35.5. The van der Waals surface area contributed by atoms with Gasteiger partial charge in [-0.1, -0.05) is 23.7 Å². The Morgan fingerprint density at radius 3 is 2.66 bits per heavy atom. The summed E-state index contributed by atoms with van der Waals surface area (Å²) in [6.07, 6.45) is -1.33. The molecule has 1 aliphatic rings. The number of aromatic nitrogens is 2. The van der Waals surface area contributed by atoms with Crippen molar-refractivity contribution in [2.75, 3.05) is 25.1 Å². The van der Waals surface area contributed by atoms with Crippen LogP contribution >= 0.6 is 11.6 Å². The Bertz CT molecular complexity index is 1550. The number of ketones is 1. The molecule has 2 aromatic carbocycles. The van der Waals surface area contributed by atoms with Crippen LogP contribution in [-0.4, -0.2) is 59.0 Å². The smallest absolute Gasteiger partial charge is 0.422 e. The number of hydrogen-bond donors (Lipinski definition) is 3. The van der Waals surface area contributed by atoms with Gasteiger partial charge in [0.05, 0.1) is 47.2 Å². The normalized spacial score (nSPS) is 17.4. The van der Waals surface area contributed by atoms with Gasteiger partial charge in [0.2, 0.25) is 0 Å². The first kappa shape index (κ1) is 28.7. The first-order valence-electron chi connectivity index (χ1n) is 12.6. The number of halogens is 5. The van der Waals surface area contributed by atoms with Crippen LogP contribution < -0.4 is 14.8 Å². The fourth-order valence-electron chi connectivity index (χ4n) is 4.48. The molecule has 1 fully saturated rings. The van der Waals surface area contributed by atoms with Gasteiger partial charge in [0.1, 0.15) is 11.4 Å². The molecule has 0 unspecified atom stereocenters. The number of para-hydroxylation sites is 1. The van der Waals surface area contributed by atoms with Crippen LogP contribution in [0.15, 0.2) is 54.9 Å². The molecule has 3 N–H and O–H groups in total. The molecule has 13 heteroatoms. The van der Waals surface area contributed by atoms with Crippen LogP contribution in [0.5, 0.6) is 17.2 Å². The van der Waals surface area contributed by atoms with Gasteiger partial charge in [-0.15, -0.1) is 0 Å². The first-order valence-corrected chi connectivity index (χ1v) is 13.0. The summed E-state index contributed by atoms with van der Waals surface area (Å²) < 4.78 is 69.3. The molecule has 0 aliphatic carbocycles. The van der Waals surface area contributed by atoms with Crippen molar-refractivity contribution in [2.45, 2.75) is 31.2 Å². The van der Waals surface area contributed by atoms with Gasteiger partial charge >= 0.3 is 6.18 Å². The second kappa shape index (κ2) is 11.9. The van der Waals surface area contributed by atoms with Crippen molar-refractivity contribution in [1.82, 2.24) is 9.97 Å². The number of rotatable bonds is 9. The van der Waals surface area contributed by atoms with Gasteiger partial charge < -0.3 is 29.6 Å². The number of aliphatic hydroxyl groups is 1. The number of fused-ring (bicyclic) bond motifs is 1. The summed E-state index contributed by atoms with van der Waals surface area (Å²) in [7, 11) is 0. The number of aromatic amines is 1. The van der Waals surface area contributed by atoms with E-state index in [-0.39, 0.29) is 75.5 Å². The Labute approximate surface area is 236 Å². The summed E-state index contributed by atoms with van der Waals surface area (Å²) in [6, 6.07) is 9.68. The summed E-state index contributed by atoms with van der Waals surface area (Å²) in [5.41, 5.74) is 0.529. The van der Waals surface area contributed by atoms with Crippen LogP contribution in [0.25, 0.3) is 11.0 Å². The quantitative estimate of drug-likeness (QED) is 0.155. The van der Waals surface area contributed by atoms with Crippen LogP contribution in [0.2, 0.25) is 5.02 Å². The van der Waals surface area contributed by atoms with Crippen molar-refractivity contribution >= 4 is 34.1 Å². The van der Waals surface area contributed by atoms with Crippen molar-refractivity contribution in [2.24, 2.45) is 0 Å². The Morgan fingerprint density at radius 2 is 1.98 bits per heavy atom. The zero-order valence-electron chi connectivity index (χ0n) is 21.3. The number of ether oxygens (including phenoxy) is 3. The fraction of sp³-hybridized carbons (Fsp3) is 0.286. The Balaban J connectivity index is 1.49. The van der Waals surface area contributed by atoms with Crippen molar-refractivity contribution < 1.29 is 41.7 Å². The monoisotopic (exact) mass is 593 g/mol. The number of carbonyl (C=O) groups is 1. The van der Waals surface area contributed by atoms with Gasteiger partial charge in [-0.2, -0.15) is 13.2 Å². The molecule has 2 aromatic heterocycles. The zero-order chi connectivity index (χ0) is 29.1. The lowest BCUT2D eigenvalue weighted by Crippen LogP contribution is -2.36. The van der Waals surface area contributed by atoms with Crippen LogP contribution in [0.4, 0.5) is 23.2 Å². The largest absolute Gasteiger partial charge is 0.480 e. The lowest BCUT2D eigenvalue weighted by Gasteiger charge is -2.30. The number of nitrogens with one attached hydrogen (secondary N) is 2. The Kier molecular flexibility index (Phi) is 8.34. The number of aliphatic hydroxyl groups excluding tert-OH is 1. The summed E-state index contributed by atoms with van der Waals surface area (Å²) in [4.78, 5) is 20.7. The van der Waals surface area contributed by atoms with Crippen molar-refractivity contribution in [1.29, 1.82) is 0 Å². The number of carbonyl (C=O) groups excluding carboxylic acids is 1. The van der Waals surface area contributed by atoms with Crippen LogP contribution in [-0.2, 0) is 4.74 Å². The number of benzene rings is 2. The van der Waals surface area contributed by atoms with Crippen molar-refractivity contribution in [3.05, 3.63) is 76.8 Å². The average Bonchev–Trinajstić information content (AvgIpc) is 3.38. The molecule has 0 spiro atoms. The highest BCUT2D eigenvalue weighted by Gasteiger charge is 2.31. The average molecular weight is 594 g/mol. The molecule has 0 radical (unpaired) electrons. The number of nitrogens with zero attached hydrogens (tertiary/aromatic N) is 1. The molecule has 0 bridgehead atoms. The van der Waals surface area contributed by atoms with Gasteiger partial charge in [0.25, 0.3) is 0 Å². The molecule has 5 rings (SSSR count). The van der Waals surface area contributed by atoms with Gasteiger partial charge in [-0.25, -0.2) is 9.37 Å². The third-order valence-electron chi connectivity index (χ3n) is 6.47. The fourth-order valence-corrected chi connectivity index (χ4v) is 4.74. The van der Waals surface area contributed by atoms with Gasteiger partial charge in [-0.3, -0.25) is 4.79 Å². The first-order chi connectivity index (χ1) is 19.6. The van der Waals surface area contributed by atoms with E-state index < -0.39 is 24.4 Å². The second-order valence-corrected chi connectivity index (χ2v) is 9.79. The molecule has 0 amide bonds. The number of H-pyrrole nitrogens is 1. The van der Waals surface area contributed by atoms with E-state index in [0.717, 1.165) is 6.20 Å². The lowest BCUT2D eigenvalue weighted by atomic mass is 10.0. The maximum absolute atomic E-state index is 14.0. The molecule has 0 saturated carbocycles. The topological polar surface area (TPSA) is 106 Å². The predicted octanol–water partition coefficient (Wildman–Crippen LogP) is 6.27. The molecule has 1 aliphatic heterocycles. The van der Waals surface area contributed by atoms with Crippen molar-refractivity contribution in [3.63, 3.8) is 0 Å². The van der Waals surface area contributed by atoms with Crippen molar-refractivity contribution in [3.8, 4) is 17.2 Å². The molecule has 4 aromatic rings. The van der Waals surface area contributed by atoms with Crippen LogP contribution in [0.3, 0.4) is 0 Å². The zero-order valence-corrected chi connectivity index (χ0v) is 22.1. The van der Waals surface area contributed by atoms with Gasteiger partial charge in [0.15, 0.2) is 29.7 Å². The van der Waals surface area contributed by atoms with E-state index in [2.05, 4.69) is 15.3 Å². The van der Waals surface area contributed by atoms with Crippen LogP contribution in [0, 0.1) is 5.82 Å². The number of hydrogen-bond acceptors (Lipinski definition) is 7. The standard InChI is InChI=1S/C28H24ClF4N3O5/c29-20-9-16(41-22-4-2-1-3-21(22)30)7-8-18(20)26(38)19-10-34-27-24(19)25(23(11-35-27)40-14-28(31,32)33)36-15-5-6-17(12-37)39-13-15/h1-4,7-11,15,17,37H,5-6,12-14H2,(H2,34,35,36)/t15-,17+/m1/s1. The molecule has 2 atom stereocenters. The van der Waals surface area contributed by atoms with E-state index in [1.165, 1.54) is 42.6 Å². The minimum atomic E-state index is -4.61. The third-order valence-corrected chi connectivity index (χ3v) is 6.79. The SMILES string of the molecule is O=C(c1ccc(Oc2ccccc2F)cc1Cl)c1c[nH]c2ncc(OCC(F)(F)F)c(N[C@@H]3CC[C@@H](CO)OC3)c12. The van der Waals surface area contributed by atoms with E-state index in [4.69, 9.17) is 25.8 Å². The molecule has 216 valence electrons. The second-order valence-electron chi connectivity index (χ2n) is 9.39. The van der Waals surface area contributed by atoms with E-state index in [1.54, 1.807) is 6.07 Å². The molecule has 8 nitrogen and oxygen atoms in total. The molecular weight excluding hydrogens is 570 g/mol. The maximum Gasteiger partial charge on any atom is 0.422 e. The van der Waals surface area contributed by atoms with E-state index in [1.807, 2.05) is 0 Å².